The second kappa shape index (κ2) is 8.86. The number of carbonyl (C=O) groups excluding carboxylic acids is 2. The highest BCUT2D eigenvalue weighted by atomic mass is 35.5. The molecule has 0 unspecified atom stereocenters. The molecule has 3 aromatic rings. The zero-order valence-corrected chi connectivity index (χ0v) is 18.7. The molecular formula is C23H25ClFN5O2. The number of anilines is 1. The first-order valence-electron chi connectivity index (χ1n) is 10.6. The summed E-state index contributed by atoms with van der Waals surface area (Å²) < 4.78 is 14.8. The molecular weight excluding hydrogens is 433 g/mol. The molecule has 4 rings (SSSR count). The van der Waals surface area contributed by atoms with Crippen molar-refractivity contribution in [1.29, 1.82) is 0 Å². The fourth-order valence-corrected chi connectivity index (χ4v) is 4.47. The van der Waals surface area contributed by atoms with E-state index < -0.39 is 11.2 Å². The molecule has 0 spiro atoms. The van der Waals surface area contributed by atoms with E-state index in [0.717, 1.165) is 12.8 Å². The number of hydrogen-bond acceptors (Lipinski definition) is 4. The number of nitrogens with zero attached hydrogens (tertiary/aromatic N) is 3. The number of halogens is 2. The molecule has 0 radical (unpaired) electrons. The fourth-order valence-electron chi connectivity index (χ4n) is 4.26. The number of hydrogen-bond donors (Lipinski definition) is 2. The zero-order valence-electron chi connectivity index (χ0n) is 17.9. The van der Waals surface area contributed by atoms with Gasteiger partial charge in [-0.1, -0.05) is 18.5 Å². The second-order valence-electron chi connectivity index (χ2n) is 8.68. The Kier molecular flexibility index (Phi) is 6.15. The van der Waals surface area contributed by atoms with E-state index in [9.17, 15) is 14.0 Å². The van der Waals surface area contributed by atoms with E-state index in [-0.39, 0.29) is 28.8 Å². The van der Waals surface area contributed by atoms with Crippen LogP contribution in [0.5, 0.6) is 0 Å². The number of benzene rings is 1. The summed E-state index contributed by atoms with van der Waals surface area (Å²) in [4.78, 5) is 29.9. The van der Waals surface area contributed by atoms with E-state index in [0.29, 0.717) is 29.7 Å². The van der Waals surface area contributed by atoms with Gasteiger partial charge in [-0.2, -0.15) is 5.10 Å². The quantitative estimate of drug-likeness (QED) is 0.591. The van der Waals surface area contributed by atoms with Gasteiger partial charge in [0.05, 0.1) is 16.9 Å². The van der Waals surface area contributed by atoms with Gasteiger partial charge >= 0.3 is 0 Å². The van der Waals surface area contributed by atoms with Crippen molar-refractivity contribution >= 4 is 34.7 Å². The summed E-state index contributed by atoms with van der Waals surface area (Å²) in [5, 5.41) is 10.2. The Morgan fingerprint density at radius 3 is 2.78 bits per heavy atom. The number of nitrogens with one attached hydrogen (secondary N) is 2. The molecule has 2 heterocycles. The van der Waals surface area contributed by atoms with Crippen LogP contribution in [-0.4, -0.2) is 32.5 Å². The van der Waals surface area contributed by atoms with Crippen LogP contribution >= 0.6 is 11.6 Å². The van der Waals surface area contributed by atoms with Crippen molar-refractivity contribution in [3.05, 3.63) is 59.3 Å². The van der Waals surface area contributed by atoms with Gasteiger partial charge in [0.15, 0.2) is 5.65 Å². The first kappa shape index (κ1) is 22.2. The molecule has 9 heteroatoms. The van der Waals surface area contributed by atoms with Crippen molar-refractivity contribution < 1.29 is 14.0 Å². The summed E-state index contributed by atoms with van der Waals surface area (Å²) in [5.41, 5.74) is 0.812. The Balaban J connectivity index is 1.35. The predicted octanol–water partition coefficient (Wildman–Crippen LogP) is 4.48. The summed E-state index contributed by atoms with van der Waals surface area (Å²) in [6.07, 6.45) is 7.86. The third-order valence-corrected chi connectivity index (χ3v) is 6.76. The van der Waals surface area contributed by atoms with E-state index >= 15 is 0 Å². The monoisotopic (exact) mass is 457 g/mol. The summed E-state index contributed by atoms with van der Waals surface area (Å²) in [5.74, 6) is -0.526. The minimum absolute atomic E-state index is 0.0553. The average molecular weight is 458 g/mol. The molecule has 2 aromatic heterocycles. The second-order valence-corrected chi connectivity index (χ2v) is 9.09. The van der Waals surface area contributed by atoms with E-state index in [1.165, 1.54) is 24.4 Å². The van der Waals surface area contributed by atoms with Gasteiger partial charge in [0.2, 0.25) is 5.91 Å². The first-order chi connectivity index (χ1) is 15.3. The number of fused-ring (bicyclic) bond motifs is 1. The van der Waals surface area contributed by atoms with Crippen LogP contribution in [-0.2, 0) is 4.79 Å². The maximum absolute atomic E-state index is 13.3. The molecule has 0 aliphatic heterocycles. The molecule has 1 fully saturated rings. The van der Waals surface area contributed by atoms with Crippen LogP contribution in [0.3, 0.4) is 0 Å². The van der Waals surface area contributed by atoms with Crippen LogP contribution in [0.25, 0.3) is 5.65 Å². The third kappa shape index (κ3) is 4.46. The third-order valence-electron chi connectivity index (χ3n) is 6.45. The number of rotatable bonds is 5. The minimum atomic E-state index is -0.551. The van der Waals surface area contributed by atoms with Gasteiger partial charge < -0.3 is 10.6 Å². The summed E-state index contributed by atoms with van der Waals surface area (Å²) in [6.45, 7) is 3.92. The lowest BCUT2D eigenvalue weighted by molar-refractivity contribution is -0.127. The van der Waals surface area contributed by atoms with Crippen molar-refractivity contribution in [3.63, 3.8) is 0 Å². The maximum atomic E-state index is 13.3. The number of aromatic nitrogens is 3. The van der Waals surface area contributed by atoms with Gasteiger partial charge in [-0.25, -0.2) is 13.9 Å². The van der Waals surface area contributed by atoms with Crippen LogP contribution in [0.2, 0.25) is 5.02 Å². The van der Waals surface area contributed by atoms with E-state index in [4.69, 9.17) is 11.6 Å². The van der Waals surface area contributed by atoms with Gasteiger partial charge in [-0.05, 0) is 62.8 Å². The molecule has 7 nitrogen and oxygen atoms in total. The van der Waals surface area contributed by atoms with Crippen LogP contribution < -0.4 is 10.6 Å². The molecule has 1 aromatic carbocycles. The highest BCUT2D eigenvalue weighted by molar-refractivity contribution is 6.33. The van der Waals surface area contributed by atoms with E-state index in [1.54, 1.807) is 23.0 Å². The first-order valence-corrected chi connectivity index (χ1v) is 11.0. The molecule has 1 aliphatic rings. The van der Waals surface area contributed by atoms with E-state index in [1.807, 2.05) is 13.8 Å². The standard InChI is InChI=1S/C23H25ClFN5O2/c1-14(28-21(31)17-13-27-30-11-3-10-26-20(17)30)15-6-8-23(2,9-7-15)22(32)29-19-5-4-16(25)12-18(19)24/h3-5,10-15H,6-9H2,1-2H3,(H,28,31)(H,29,32)/t14-,15?,23?/m0/s1. The average Bonchev–Trinajstić information content (AvgIpc) is 3.20. The van der Waals surface area contributed by atoms with Crippen LogP contribution in [0.15, 0.2) is 42.9 Å². The normalized spacial score (nSPS) is 21.8. The highest BCUT2D eigenvalue weighted by Crippen LogP contribution is 2.41. The molecule has 1 aliphatic carbocycles. The molecule has 168 valence electrons. The molecule has 2 amide bonds. The fraction of sp³-hybridized carbons (Fsp3) is 0.391. The van der Waals surface area contributed by atoms with Gasteiger partial charge in [-0.3, -0.25) is 9.59 Å². The Morgan fingerprint density at radius 1 is 1.31 bits per heavy atom. The van der Waals surface area contributed by atoms with Gasteiger partial charge in [-0.15, -0.1) is 0 Å². The lowest BCUT2D eigenvalue weighted by atomic mass is 9.69. The van der Waals surface area contributed by atoms with Crippen LogP contribution in [0, 0.1) is 17.2 Å². The molecule has 0 bridgehead atoms. The van der Waals surface area contributed by atoms with Gasteiger partial charge in [0, 0.05) is 23.9 Å². The SMILES string of the molecule is C[C@H](NC(=O)c1cnn2cccnc12)C1CCC(C)(C(=O)Nc2ccc(F)cc2Cl)CC1. The topological polar surface area (TPSA) is 88.4 Å². The van der Waals surface area contributed by atoms with Gasteiger partial charge in [0.1, 0.15) is 11.4 Å². The summed E-state index contributed by atoms with van der Waals surface area (Å²) >= 11 is 6.04. The molecule has 0 saturated heterocycles. The van der Waals surface area contributed by atoms with E-state index in [2.05, 4.69) is 20.7 Å². The summed E-state index contributed by atoms with van der Waals surface area (Å²) in [7, 11) is 0. The smallest absolute Gasteiger partial charge is 0.256 e. The largest absolute Gasteiger partial charge is 0.349 e. The minimum Gasteiger partial charge on any atom is -0.349 e. The van der Waals surface area contributed by atoms with Crippen molar-refractivity contribution in [1.82, 2.24) is 19.9 Å². The zero-order chi connectivity index (χ0) is 22.9. The predicted molar refractivity (Wildman–Crippen MR) is 120 cm³/mol. The van der Waals surface area contributed by atoms with Crippen molar-refractivity contribution in [3.8, 4) is 0 Å². The van der Waals surface area contributed by atoms with Crippen molar-refractivity contribution in [2.45, 2.75) is 45.6 Å². The lowest BCUT2D eigenvalue weighted by Gasteiger charge is -2.38. The number of carbonyl (C=O) groups is 2. The van der Waals surface area contributed by atoms with Crippen LogP contribution in [0.4, 0.5) is 10.1 Å². The lowest BCUT2D eigenvalue weighted by Crippen LogP contribution is -2.43. The molecule has 1 saturated carbocycles. The van der Waals surface area contributed by atoms with Crippen molar-refractivity contribution in [2.75, 3.05) is 5.32 Å². The Labute approximate surface area is 190 Å². The van der Waals surface area contributed by atoms with Crippen LogP contribution in [0.1, 0.15) is 49.9 Å². The highest BCUT2D eigenvalue weighted by Gasteiger charge is 2.39. The summed E-state index contributed by atoms with van der Waals surface area (Å²) in [6, 6.07) is 5.62. The Bertz CT molecular complexity index is 1160. The Hall–Kier alpha value is -3.00. The molecule has 2 N–H and O–H groups in total. The van der Waals surface area contributed by atoms with Crippen molar-refractivity contribution in [2.24, 2.45) is 11.3 Å². The maximum Gasteiger partial charge on any atom is 0.256 e. The molecule has 32 heavy (non-hydrogen) atoms. The Morgan fingerprint density at radius 2 is 2.06 bits per heavy atom. The molecule has 1 atom stereocenters. The number of amides is 2. The van der Waals surface area contributed by atoms with Gasteiger partial charge in [0.25, 0.3) is 5.91 Å².